The molecule has 0 aromatic heterocycles. The van der Waals surface area contributed by atoms with Crippen molar-refractivity contribution in [2.75, 3.05) is 26.4 Å². The number of carbonyl (C=O) groups is 4. The summed E-state index contributed by atoms with van der Waals surface area (Å²) in [5.74, 6) is -12.1. The first-order valence-corrected chi connectivity index (χ1v) is 28.2. The Morgan fingerprint density at radius 3 is 1.24 bits per heavy atom. The van der Waals surface area contributed by atoms with Crippen LogP contribution in [0.1, 0.15) is 94.3 Å². The number of halogens is 8. The van der Waals surface area contributed by atoms with Crippen molar-refractivity contribution >= 4 is 36.0 Å². The van der Waals surface area contributed by atoms with Crippen LogP contribution >= 0.6 is 0 Å². The van der Waals surface area contributed by atoms with Gasteiger partial charge in [-0.05, 0) is 142 Å². The minimum absolute atomic E-state index is 0.0404. The molecule has 0 heterocycles. The minimum atomic E-state index is -1.03. The molecular formula is C69H70F8O12. The topological polar surface area (TPSA) is 153 Å². The summed E-state index contributed by atoms with van der Waals surface area (Å²) in [6, 6.07) is 36.3. The number of hydrogen-bond acceptors (Lipinski definition) is 12. The van der Waals surface area contributed by atoms with Crippen molar-refractivity contribution in [3.05, 3.63) is 236 Å². The lowest BCUT2D eigenvalue weighted by atomic mass is 10.0. The number of phenolic OH excluding ortho intramolecular Hbond substituents is 1. The van der Waals surface area contributed by atoms with Crippen molar-refractivity contribution in [3.8, 4) is 23.0 Å². The van der Waals surface area contributed by atoms with E-state index >= 15 is 0 Å². The number of aromatic hydroxyl groups is 1. The summed E-state index contributed by atoms with van der Waals surface area (Å²) < 4.78 is 146. The van der Waals surface area contributed by atoms with Crippen LogP contribution in [-0.4, -0.2) is 55.4 Å². The van der Waals surface area contributed by atoms with Crippen LogP contribution in [-0.2, 0) is 70.8 Å². The van der Waals surface area contributed by atoms with E-state index < -0.39 is 105 Å². The van der Waals surface area contributed by atoms with E-state index in [0.29, 0.717) is 5.56 Å². The van der Waals surface area contributed by atoms with Gasteiger partial charge in [0.15, 0.2) is 69.5 Å². The van der Waals surface area contributed by atoms with Crippen LogP contribution in [0.3, 0.4) is 0 Å². The Kier molecular flexibility index (Phi) is 30.2. The maximum atomic E-state index is 14.5. The Bertz CT molecular complexity index is 3440. The van der Waals surface area contributed by atoms with Gasteiger partial charge >= 0.3 is 23.9 Å². The second kappa shape index (κ2) is 37.3. The van der Waals surface area contributed by atoms with Crippen molar-refractivity contribution in [1.29, 1.82) is 0 Å². The Hall–Kier alpha value is -9.46. The minimum Gasteiger partial charge on any atom is -0.503 e. The highest BCUT2D eigenvalue weighted by Crippen LogP contribution is 2.30. The van der Waals surface area contributed by atoms with Gasteiger partial charge in [-0.25, -0.2) is 44.7 Å². The third-order valence-electron chi connectivity index (χ3n) is 12.4. The summed E-state index contributed by atoms with van der Waals surface area (Å²) in [4.78, 5) is 46.1. The number of ether oxygens (including phenoxy) is 7. The van der Waals surface area contributed by atoms with Gasteiger partial charge in [0.25, 0.3) is 0 Å². The molecule has 2 atom stereocenters. The highest BCUT2D eigenvalue weighted by Gasteiger charge is 2.22. The fourth-order valence-corrected chi connectivity index (χ4v) is 7.89. The number of rotatable bonds is 23. The molecule has 0 saturated carbocycles. The van der Waals surface area contributed by atoms with E-state index in [0.717, 1.165) is 53.1 Å². The molecule has 0 spiro atoms. The Balaban J connectivity index is 0.000000256. The standard InChI is InChI=1S/C19H18F2O3.C19H20F2O3.C19H18F2O3.C12H14F2O3/c1-3-23-19(22)13(2)9-15-10-16(20)18(17(21)11-15)24-12-14-7-5-4-6-8-14;2*1-3-23-19(22)13(2)11-15-9-10-16(20)18(17(15)21)24-12-14-7-5-4-6-8-14;1-3-17-12(16)7(2)4-8-5-9(13)11(15)10(14)6-8/h4-11H,3,12H2,1-2H3;4-10,13H,3,11-12H2,1-2H3;4-11H,3,12H2,1-2H3;5-7,15H,3-4H2,1-2H3/b13-9+;;13-11+;. The van der Waals surface area contributed by atoms with Crippen molar-refractivity contribution in [2.45, 2.75) is 88.1 Å². The van der Waals surface area contributed by atoms with Gasteiger partial charge in [0.05, 0.1) is 38.3 Å². The zero-order valence-electron chi connectivity index (χ0n) is 50.4. The second-order valence-electron chi connectivity index (χ2n) is 19.5. The Labute approximate surface area is 512 Å². The van der Waals surface area contributed by atoms with Crippen molar-refractivity contribution < 1.29 is 92.6 Å². The van der Waals surface area contributed by atoms with Gasteiger partial charge in [-0.3, -0.25) is 9.59 Å². The summed E-state index contributed by atoms with van der Waals surface area (Å²) in [6.07, 6.45) is 2.95. The molecule has 0 fully saturated rings. The van der Waals surface area contributed by atoms with Gasteiger partial charge in [0, 0.05) is 16.7 Å². The maximum Gasteiger partial charge on any atom is 0.333 e. The molecule has 7 aromatic carbocycles. The van der Waals surface area contributed by atoms with E-state index in [1.54, 1.807) is 65.8 Å². The second-order valence-corrected chi connectivity index (χ2v) is 19.5. The summed E-state index contributed by atoms with van der Waals surface area (Å²) in [6.45, 7) is 14.2. The predicted molar refractivity (Wildman–Crippen MR) is 319 cm³/mol. The van der Waals surface area contributed by atoms with Crippen molar-refractivity contribution in [3.63, 3.8) is 0 Å². The molecule has 0 aliphatic heterocycles. The van der Waals surface area contributed by atoms with E-state index in [2.05, 4.69) is 0 Å². The maximum absolute atomic E-state index is 14.5. The normalized spacial score (nSPS) is 11.6. The summed E-state index contributed by atoms with van der Waals surface area (Å²) in [5, 5.41) is 8.92. The van der Waals surface area contributed by atoms with Gasteiger partial charge in [-0.1, -0.05) is 111 Å². The third-order valence-corrected chi connectivity index (χ3v) is 12.4. The van der Waals surface area contributed by atoms with Gasteiger partial charge in [-0.15, -0.1) is 0 Å². The molecule has 89 heavy (non-hydrogen) atoms. The number of hydrogen-bond donors (Lipinski definition) is 1. The smallest absolute Gasteiger partial charge is 0.333 e. The van der Waals surface area contributed by atoms with E-state index in [1.807, 2.05) is 66.7 Å². The van der Waals surface area contributed by atoms with Crippen molar-refractivity contribution in [2.24, 2.45) is 11.8 Å². The van der Waals surface area contributed by atoms with E-state index in [4.69, 9.17) is 38.3 Å². The fraction of sp³-hybridized carbons (Fsp3) is 0.275. The van der Waals surface area contributed by atoms with Gasteiger partial charge < -0.3 is 38.3 Å². The average Bonchev–Trinajstić information content (AvgIpc) is 2.26. The quantitative estimate of drug-likeness (QED) is 0.0281. The van der Waals surface area contributed by atoms with Crippen LogP contribution in [0, 0.1) is 58.4 Å². The van der Waals surface area contributed by atoms with Crippen LogP contribution < -0.4 is 14.2 Å². The molecule has 0 aliphatic carbocycles. The third kappa shape index (κ3) is 23.6. The number of carbonyl (C=O) groups excluding carboxylic acids is 4. The van der Waals surface area contributed by atoms with Crippen LogP contribution in [0.4, 0.5) is 35.1 Å². The molecule has 12 nitrogen and oxygen atoms in total. The summed E-state index contributed by atoms with van der Waals surface area (Å²) >= 11 is 0. The molecule has 20 heteroatoms. The van der Waals surface area contributed by atoms with Crippen LogP contribution in [0.15, 0.2) is 151 Å². The van der Waals surface area contributed by atoms with Crippen LogP contribution in [0.2, 0.25) is 0 Å². The number of esters is 4. The molecule has 0 radical (unpaired) electrons. The van der Waals surface area contributed by atoms with Gasteiger partial charge in [0.2, 0.25) is 0 Å². The zero-order valence-corrected chi connectivity index (χ0v) is 50.4. The molecule has 0 amide bonds. The Morgan fingerprint density at radius 1 is 0.427 bits per heavy atom. The molecule has 1 N–H and O–H groups in total. The monoisotopic (exact) mass is 1240 g/mol. The fourth-order valence-electron chi connectivity index (χ4n) is 7.89. The predicted octanol–water partition coefficient (Wildman–Crippen LogP) is 15.7. The Morgan fingerprint density at radius 2 is 0.809 bits per heavy atom. The molecule has 0 saturated heterocycles. The largest absolute Gasteiger partial charge is 0.503 e. The molecule has 2 unspecified atom stereocenters. The number of benzene rings is 7. The van der Waals surface area contributed by atoms with Crippen LogP contribution in [0.25, 0.3) is 12.2 Å². The average molecular weight is 1240 g/mol. The first-order chi connectivity index (χ1) is 42.5. The van der Waals surface area contributed by atoms with Gasteiger partial charge in [0.1, 0.15) is 19.8 Å². The van der Waals surface area contributed by atoms with E-state index in [-0.39, 0.29) is 86.9 Å². The first kappa shape index (κ1) is 72.0. The number of phenols is 1. The molecule has 474 valence electrons. The molecule has 7 aromatic rings. The molecule has 0 bridgehead atoms. The van der Waals surface area contributed by atoms with E-state index in [1.165, 1.54) is 38.1 Å². The SMILES string of the molecule is CCOC(=O)/C(C)=C/c1cc(F)c(OCc2ccccc2)c(F)c1.CCOC(=O)/C(C)=C/c1ccc(F)c(OCc2ccccc2)c1F.CCOC(=O)C(C)Cc1cc(F)c(O)c(F)c1.CCOC(=O)C(C)Cc1ccc(F)c(OCc2ccccc2)c1F. The first-order valence-electron chi connectivity index (χ1n) is 28.2. The zero-order chi connectivity index (χ0) is 65.6. The highest BCUT2D eigenvalue weighted by molar-refractivity contribution is 5.93. The van der Waals surface area contributed by atoms with Crippen molar-refractivity contribution in [1.82, 2.24) is 0 Å². The highest BCUT2D eigenvalue weighted by atomic mass is 19.2. The molecule has 7 rings (SSSR count). The lowest BCUT2D eigenvalue weighted by Gasteiger charge is -2.14. The summed E-state index contributed by atoms with van der Waals surface area (Å²) in [5.41, 5.74) is 3.69. The van der Waals surface area contributed by atoms with E-state index in [9.17, 15) is 54.3 Å². The lowest BCUT2D eigenvalue weighted by Crippen LogP contribution is -2.17. The summed E-state index contributed by atoms with van der Waals surface area (Å²) in [7, 11) is 0. The lowest BCUT2D eigenvalue weighted by molar-refractivity contribution is -0.148. The molecular weight excluding hydrogens is 1170 g/mol. The van der Waals surface area contributed by atoms with Gasteiger partial charge in [-0.2, -0.15) is 0 Å². The van der Waals surface area contributed by atoms with Crippen LogP contribution in [0.5, 0.6) is 23.0 Å². The molecule has 0 aliphatic rings.